The van der Waals surface area contributed by atoms with Gasteiger partial charge in [-0.05, 0) is 48.4 Å². The molecule has 2 aromatic rings. The zero-order valence-corrected chi connectivity index (χ0v) is 17.5. The van der Waals surface area contributed by atoms with Gasteiger partial charge in [0.1, 0.15) is 17.5 Å². The quantitative estimate of drug-likeness (QED) is 0.626. The van der Waals surface area contributed by atoms with Gasteiger partial charge < -0.3 is 14.4 Å². The van der Waals surface area contributed by atoms with Gasteiger partial charge >= 0.3 is 0 Å². The fourth-order valence-electron chi connectivity index (χ4n) is 3.56. The van der Waals surface area contributed by atoms with Crippen molar-refractivity contribution in [3.8, 4) is 11.5 Å². The Labute approximate surface area is 176 Å². The van der Waals surface area contributed by atoms with Gasteiger partial charge in [-0.3, -0.25) is 14.4 Å². The number of benzene rings is 2. The molecule has 1 heterocycles. The van der Waals surface area contributed by atoms with Gasteiger partial charge in [0.05, 0.1) is 26.3 Å². The minimum absolute atomic E-state index is 0.0147. The van der Waals surface area contributed by atoms with Gasteiger partial charge in [-0.25, -0.2) is 4.90 Å². The molecule has 3 amide bonds. The first-order valence-electron chi connectivity index (χ1n) is 9.91. The first kappa shape index (κ1) is 21.4. The van der Waals surface area contributed by atoms with E-state index >= 15 is 0 Å². The number of carbonyl (C=O) groups is 3. The normalized spacial score (nSPS) is 16.0. The molecule has 3 rings (SSSR count). The lowest BCUT2D eigenvalue weighted by molar-refractivity contribution is -0.138. The molecule has 0 spiro atoms. The largest absolute Gasteiger partial charge is 0.497 e. The van der Waals surface area contributed by atoms with E-state index in [2.05, 4.69) is 0 Å². The van der Waals surface area contributed by atoms with Crippen LogP contribution in [0.15, 0.2) is 48.5 Å². The number of nitrogens with zero attached hydrogens (tertiary/aromatic N) is 2. The van der Waals surface area contributed by atoms with E-state index in [1.54, 1.807) is 45.4 Å². The van der Waals surface area contributed by atoms with Gasteiger partial charge in [-0.15, -0.1) is 0 Å². The van der Waals surface area contributed by atoms with E-state index in [0.717, 1.165) is 16.2 Å². The molecule has 0 saturated carbocycles. The maximum absolute atomic E-state index is 13.1. The van der Waals surface area contributed by atoms with Crippen LogP contribution in [0.2, 0.25) is 0 Å². The highest BCUT2D eigenvalue weighted by Crippen LogP contribution is 2.28. The fraction of sp³-hybridized carbons (Fsp3) is 0.348. The van der Waals surface area contributed by atoms with Crippen LogP contribution in [-0.2, 0) is 20.8 Å². The fourth-order valence-corrected chi connectivity index (χ4v) is 3.56. The third-order valence-corrected chi connectivity index (χ3v) is 5.25. The Morgan fingerprint density at radius 2 is 1.57 bits per heavy atom. The molecular formula is C23H26N2O5. The molecule has 30 heavy (non-hydrogen) atoms. The molecule has 0 bridgehead atoms. The first-order chi connectivity index (χ1) is 14.5. The number of hydrogen-bond acceptors (Lipinski definition) is 5. The highest BCUT2D eigenvalue weighted by atomic mass is 16.5. The maximum atomic E-state index is 13.1. The summed E-state index contributed by atoms with van der Waals surface area (Å²) < 4.78 is 10.3. The van der Waals surface area contributed by atoms with E-state index in [1.165, 1.54) is 4.90 Å². The monoisotopic (exact) mass is 410 g/mol. The Balaban J connectivity index is 1.77. The summed E-state index contributed by atoms with van der Waals surface area (Å²) in [7, 11) is 3.15. The molecule has 1 fully saturated rings. The molecule has 1 atom stereocenters. The van der Waals surface area contributed by atoms with E-state index in [1.807, 2.05) is 24.3 Å². The summed E-state index contributed by atoms with van der Waals surface area (Å²) in [6.07, 6.45) is 0.832. The molecule has 2 aromatic carbocycles. The van der Waals surface area contributed by atoms with Crippen LogP contribution in [0.25, 0.3) is 0 Å². The molecule has 0 N–H and O–H groups in total. The SMILES string of the molecule is CCC(=O)N(CCc1ccc(OC)cc1)[C@H]1CC(=O)N(c2ccc(OC)cc2)C1=O. The second-order valence-electron chi connectivity index (χ2n) is 7.02. The van der Waals surface area contributed by atoms with E-state index in [4.69, 9.17) is 9.47 Å². The van der Waals surface area contributed by atoms with Gasteiger partial charge in [-0.2, -0.15) is 0 Å². The maximum Gasteiger partial charge on any atom is 0.257 e. The Kier molecular flexibility index (Phi) is 6.72. The predicted octanol–water partition coefficient (Wildman–Crippen LogP) is 2.82. The van der Waals surface area contributed by atoms with Crippen LogP contribution in [0.1, 0.15) is 25.3 Å². The Bertz CT molecular complexity index is 908. The number of anilines is 1. The van der Waals surface area contributed by atoms with Gasteiger partial charge in [-0.1, -0.05) is 19.1 Å². The average Bonchev–Trinajstić information content (AvgIpc) is 3.07. The summed E-state index contributed by atoms with van der Waals surface area (Å²) in [5.41, 5.74) is 1.50. The van der Waals surface area contributed by atoms with Crippen molar-refractivity contribution in [3.63, 3.8) is 0 Å². The topological polar surface area (TPSA) is 76.2 Å². The molecule has 1 saturated heterocycles. The van der Waals surface area contributed by atoms with Crippen molar-refractivity contribution in [3.05, 3.63) is 54.1 Å². The van der Waals surface area contributed by atoms with E-state index < -0.39 is 6.04 Å². The number of amides is 3. The lowest BCUT2D eigenvalue weighted by Gasteiger charge is -2.27. The van der Waals surface area contributed by atoms with Crippen LogP contribution in [0.3, 0.4) is 0 Å². The van der Waals surface area contributed by atoms with Crippen molar-refractivity contribution in [2.45, 2.75) is 32.2 Å². The first-order valence-corrected chi connectivity index (χ1v) is 9.91. The van der Waals surface area contributed by atoms with Gasteiger partial charge in [0.25, 0.3) is 5.91 Å². The number of rotatable bonds is 8. The summed E-state index contributed by atoms with van der Waals surface area (Å²) in [4.78, 5) is 41.0. The van der Waals surface area contributed by atoms with Crippen LogP contribution in [0.4, 0.5) is 5.69 Å². The minimum Gasteiger partial charge on any atom is -0.497 e. The van der Waals surface area contributed by atoms with Crippen molar-refractivity contribution in [1.29, 1.82) is 0 Å². The minimum atomic E-state index is -0.787. The number of methoxy groups -OCH3 is 2. The standard InChI is InChI=1S/C23H26N2O5/c1-4-21(26)24(14-13-16-5-9-18(29-2)10-6-16)20-15-22(27)25(23(20)28)17-7-11-19(30-3)12-8-17/h5-12,20H,4,13-15H2,1-3H3/t20-/m0/s1. The van der Waals surface area contributed by atoms with E-state index in [-0.39, 0.29) is 30.6 Å². The number of ether oxygens (including phenoxy) is 2. The van der Waals surface area contributed by atoms with Crippen molar-refractivity contribution in [1.82, 2.24) is 4.90 Å². The molecule has 1 aliphatic rings. The number of hydrogen-bond donors (Lipinski definition) is 0. The second kappa shape index (κ2) is 9.43. The van der Waals surface area contributed by atoms with Crippen molar-refractivity contribution < 1.29 is 23.9 Å². The van der Waals surface area contributed by atoms with Crippen LogP contribution >= 0.6 is 0 Å². The average molecular weight is 410 g/mol. The Hall–Kier alpha value is -3.35. The molecule has 7 heteroatoms. The summed E-state index contributed by atoms with van der Waals surface area (Å²) >= 11 is 0. The number of imide groups is 1. The molecule has 0 unspecified atom stereocenters. The molecule has 0 aromatic heterocycles. The van der Waals surface area contributed by atoms with Crippen LogP contribution in [-0.4, -0.2) is 49.4 Å². The predicted molar refractivity (Wildman–Crippen MR) is 113 cm³/mol. The van der Waals surface area contributed by atoms with Crippen molar-refractivity contribution >= 4 is 23.4 Å². The summed E-state index contributed by atoms with van der Waals surface area (Å²) in [6.45, 7) is 2.12. The summed E-state index contributed by atoms with van der Waals surface area (Å²) in [5, 5.41) is 0. The molecular weight excluding hydrogens is 384 g/mol. The highest BCUT2D eigenvalue weighted by Gasteiger charge is 2.43. The highest BCUT2D eigenvalue weighted by molar-refractivity contribution is 6.23. The van der Waals surface area contributed by atoms with Crippen molar-refractivity contribution in [2.24, 2.45) is 0 Å². The van der Waals surface area contributed by atoms with Crippen molar-refractivity contribution in [2.75, 3.05) is 25.7 Å². The summed E-state index contributed by atoms with van der Waals surface area (Å²) in [5.74, 6) is 0.560. The Morgan fingerprint density at radius 3 is 2.10 bits per heavy atom. The molecule has 0 radical (unpaired) electrons. The second-order valence-corrected chi connectivity index (χ2v) is 7.02. The lowest BCUT2D eigenvalue weighted by Crippen LogP contribution is -2.46. The van der Waals surface area contributed by atoms with E-state index in [0.29, 0.717) is 24.4 Å². The lowest BCUT2D eigenvalue weighted by atomic mass is 10.1. The molecule has 158 valence electrons. The zero-order valence-electron chi connectivity index (χ0n) is 17.5. The third kappa shape index (κ3) is 4.45. The number of carbonyl (C=O) groups excluding carboxylic acids is 3. The van der Waals surface area contributed by atoms with Crippen LogP contribution < -0.4 is 14.4 Å². The van der Waals surface area contributed by atoms with Gasteiger partial charge in [0.15, 0.2) is 0 Å². The molecule has 0 aliphatic carbocycles. The summed E-state index contributed by atoms with van der Waals surface area (Å²) in [6, 6.07) is 13.5. The smallest absolute Gasteiger partial charge is 0.257 e. The molecule has 1 aliphatic heterocycles. The zero-order chi connectivity index (χ0) is 21.7. The van der Waals surface area contributed by atoms with E-state index in [9.17, 15) is 14.4 Å². The Morgan fingerprint density at radius 1 is 1.00 bits per heavy atom. The van der Waals surface area contributed by atoms with Gasteiger partial charge in [0.2, 0.25) is 11.8 Å². The third-order valence-electron chi connectivity index (χ3n) is 5.25. The molecule has 7 nitrogen and oxygen atoms in total. The van der Waals surface area contributed by atoms with Crippen LogP contribution in [0, 0.1) is 0 Å². The van der Waals surface area contributed by atoms with Crippen LogP contribution in [0.5, 0.6) is 11.5 Å². The van der Waals surface area contributed by atoms with Gasteiger partial charge in [0, 0.05) is 13.0 Å².